The highest BCUT2D eigenvalue weighted by molar-refractivity contribution is 5.96. The molecule has 1 unspecified atom stereocenters. The normalized spacial score (nSPS) is 21.7. The van der Waals surface area contributed by atoms with Crippen molar-refractivity contribution in [2.75, 3.05) is 32.8 Å². The molecule has 0 radical (unpaired) electrons. The lowest BCUT2D eigenvalue weighted by atomic mass is 9.95. The van der Waals surface area contributed by atoms with Crippen LogP contribution in [0.1, 0.15) is 40.7 Å². The number of fused-ring (bicyclic) bond motifs is 1. The van der Waals surface area contributed by atoms with Gasteiger partial charge in [0, 0.05) is 45.8 Å². The number of ether oxygens (including phenoxy) is 1. The standard InChI is InChI=1S/C21H27N3O4/c1-22-13-16-14-24(18(25)12-15-4-2-3-5-15)7-6-17(16)19(20(22)26)21(27)23-8-10-28-11-9-23/h2,4,13,15H,3,5-12,14H2,1H3. The second kappa shape index (κ2) is 7.91. The third-order valence-corrected chi connectivity index (χ3v) is 5.98. The maximum atomic E-state index is 13.1. The molecule has 3 aliphatic rings. The Morgan fingerprint density at radius 3 is 2.68 bits per heavy atom. The van der Waals surface area contributed by atoms with Gasteiger partial charge in [-0.15, -0.1) is 0 Å². The van der Waals surface area contributed by atoms with E-state index in [0.29, 0.717) is 58.2 Å². The number of nitrogens with zero attached hydrogens (tertiary/aromatic N) is 3. The topological polar surface area (TPSA) is 71.8 Å². The fourth-order valence-electron chi connectivity index (χ4n) is 4.37. The van der Waals surface area contributed by atoms with Crippen molar-refractivity contribution in [1.82, 2.24) is 14.4 Å². The summed E-state index contributed by atoms with van der Waals surface area (Å²) in [5.74, 6) is 0.279. The zero-order valence-corrected chi connectivity index (χ0v) is 16.4. The highest BCUT2D eigenvalue weighted by atomic mass is 16.5. The Hall–Kier alpha value is -2.41. The molecule has 1 atom stereocenters. The third kappa shape index (κ3) is 3.63. The van der Waals surface area contributed by atoms with Crippen LogP contribution in [0.4, 0.5) is 0 Å². The fourth-order valence-corrected chi connectivity index (χ4v) is 4.37. The number of hydrogen-bond donors (Lipinski definition) is 0. The van der Waals surface area contributed by atoms with Gasteiger partial charge in [-0.2, -0.15) is 0 Å². The van der Waals surface area contributed by atoms with Crippen molar-refractivity contribution in [2.45, 2.75) is 32.2 Å². The molecule has 1 saturated heterocycles. The molecule has 2 amide bonds. The first-order valence-corrected chi connectivity index (χ1v) is 10.1. The molecule has 1 aromatic rings. The number of aromatic nitrogens is 1. The van der Waals surface area contributed by atoms with Crippen LogP contribution in [0.25, 0.3) is 0 Å². The van der Waals surface area contributed by atoms with Crippen molar-refractivity contribution in [3.8, 4) is 0 Å². The van der Waals surface area contributed by atoms with E-state index in [9.17, 15) is 14.4 Å². The quantitative estimate of drug-likeness (QED) is 0.731. The summed E-state index contributed by atoms with van der Waals surface area (Å²) in [5.41, 5.74) is 1.73. The van der Waals surface area contributed by atoms with Gasteiger partial charge in [0.05, 0.1) is 13.2 Å². The molecule has 0 bridgehead atoms. The number of amides is 2. The van der Waals surface area contributed by atoms with E-state index < -0.39 is 0 Å². The number of rotatable bonds is 3. The second-order valence-electron chi connectivity index (χ2n) is 7.86. The van der Waals surface area contributed by atoms with Crippen LogP contribution in [0.5, 0.6) is 0 Å². The predicted octanol–water partition coefficient (Wildman–Crippen LogP) is 1.10. The summed E-state index contributed by atoms with van der Waals surface area (Å²) in [6.07, 6.45) is 9.24. The minimum atomic E-state index is -0.258. The molecule has 1 aliphatic carbocycles. The van der Waals surface area contributed by atoms with E-state index in [1.807, 2.05) is 4.90 Å². The van der Waals surface area contributed by atoms with Gasteiger partial charge in [-0.25, -0.2) is 0 Å². The monoisotopic (exact) mass is 385 g/mol. The van der Waals surface area contributed by atoms with Crippen molar-refractivity contribution in [1.29, 1.82) is 0 Å². The maximum absolute atomic E-state index is 13.1. The van der Waals surface area contributed by atoms with Crippen LogP contribution in [0.2, 0.25) is 0 Å². The minimum Gasteiger partial charge on any atom is -0.378 e. The zero-order valence-electron chi connectivity index (χ0n) is 16.4. The Labute approximate surface area is 164 Å². The first-order chi connectivity index (χ1) is 13.5. The zero-order chi connectivity index (χ0) is 19.7. The van der Waals surface area contributed by atoms with Crippen molar-refractivity contribution in [3.63, 3.8) is 0 Å². The first-order valence-electron chi connectivity index (χ1n) is 10.1. The van der Waals surface area contributed by atoms with Crippen LogP contribution in [0.15, 0.2) is 23.1 Å². The maximum Gasteiger partial charge on any atom is 0.263 e. The van der Waals surface area contributed by atoms with E-state index in [-0.39, 0.29) is 22.9 Å². The molecule has 4 rings (SSSR count). The lowest BCUT2D eigenvalue weighted by Crippen LogP contribution is -2.45. The molecule has 3 heterocycles. The molecule has 1 fully saturated rings. The molecule has 2 aliphatic heterocycles. The first kappa shape index (κ1) is 18.9. The van der Waals surface area contributed by atoms with E-state index in [4.69, 9.17) is 4.74 Å². The van der Waals surface area contributed by atoms with Gasteiger partial charge in [-0.1, -0.05) is 12.2 Å². The summed E-state index contributed by atoms with van der Waals surface area (Å²) in [6.45, 7) is 3.02. The molecule has 1 aromatic heterocycles. The smallest absolute Gasteiger partial charge is 0.263 e. The molecular weight excluding hydrogens is 358 g/mol. The van der Waals surface area contributed by atoms with E-state index in [0.717, 1.165) is 24.0 Å². The number of hydrogen-bond acceptors (Lipinski definition) is 4. The van der Waals surface area contributed by atoms with E-state index in [1.165, 1.54) is 4.57 Å². The predicted molar refractivity (Wildman–Crippen MR) is 104 cm³/mol. The second-order valence-corrected chi connectivity index (χ2v) is 7.86. The summed E-state index contributed by atoms with van der Waals surface area (Å²) in [5, 5.41) is 0. The molecular formula is C21H27N3O4. The average molecular weight is 385 g/mol. The summed E-state index contributed by atoms with van der Waals surface area (Å²) < 4.78 is 6.79. The van der Waals surface area contributed by atoms with Gasteiger partial charge in [0.1, 0.15) is 5.56 Å². The van der Waals surface area contributed by atoms with Gasteiger partial charge in [0.25, 0.3) is 11.5 Å². The molecule has 28 heavy (non-hydrogen) atoms. The van der Waals surface area contributed by atoms with Crippen LogP contribution >= 0.6 is 0 Å². The molecule has 0 spiro atoms. The number of carbonyl (C=O) groups is 2. The van der Waals surface area contributed by atoms with Gasteiger partial charge in [0.15, 0.2) is 0 Å². The van der Waals surface area contributed by atoms with Crippen molar-refractivity contribution < 1.29 is 14.3 Å². The highest BCUT2D eigenvalue weighted by Crippen LogP contribution is 2.25. The van der Waals surface area contributed by atoms with Gasteiger partial charge in [0.2, 0.25) is 5.91 Å². The fraction of sp³-hybridized carbons (Fsp3) is 0.571. The summed E-state index contributed by atoms with van der Waals surface area (Å²) in [6, 6.07) is 0. The molecule has 0 saturated carbocycles. The van der Waals surface area contributed by atoms with Crippen LogP contribution in [-0.4, -0.2) is 59.0 Å². The third-order valence-electron chi connectivity index (χ3n) is 5.98. The van der Waals surface area contributed by atoms with E-state index in [2.05, 4.69) is 12.2 Å². The van der Waals surface area contributed by atoms with Gasteiger partial charge in [-0.05, 0) is 36.3 Å². The lowest BCUT2D eigenvalue weighted by Gasteiger charge is -2.32. The molecule has 0 N–H and O–H groups in total. The molecule has 0 aromatic carbocycles. The van der Waals surface area contributed by atoms with E-state index >= 15 is 0 Å². The number of pyridine rings is 1. The molecule has 7 nitrogen and oxygen atoms in total. The molecule has 7 heteroatoms. The number of allylic oxidation sites excluding steroid dienone is 2. The largest absolute Gasteiger partial charge is 0.378 e. The van der Waals surface area contributed by atoms with Crippen molar-refractivity contribution in [3.05, 3.63) is 45.4 Å². The summed E-state index contributed by atoms with van der Waals surface area (Å²) >= 11 is 0. The van der Waals surface area contributed by atoms with E-state index in [1.54, 1.807) is 18.1 Å². The minimum absolute atomic E-state index is 0.150. The van der Waals surface area contributed by atoms with Crippen LogP contribution < -0.4 is 5.56 Å². The van der Waals surface area contributed by atoms with Crippen molar-refractivity contribution in [2.24, 2.45) is 13.0 Å². The lowest BCUT2D eigenvalue weighted by molar-refractivity contribution is -0.132. The highest BCUT2D eigenvalue weighted by Gasteiger charge is 2.30. The summed E-state index contributed by atoms with van der Waals surface area (Å²) in [4.78, 5) is 42.1. The van der Waals surface area contributed by atoms with Crippen LogP contribution in [0, 0.1) is 5.92 Å². The van der Waals surface area contributed by atoms with Gasteiger partial charge in [-0.3, -0.25) is 14.4 Å². The van der Waals surface area contributed by atoms with Crippen molar-refractivity contribution >= 4 is 11.8 Å². The summed E-state index contributed by atoms with van der Waals surface area (Å²) in [7, 11) is 1.67. The number of morpholine rings is 1. The Morgan fingerprint density at radius 1 is 1.18 bits per heavy atom. The van der Waals surface area contributed by atoms with Gasteiger partial charge >= 0.3 is 0 Å². The van der Waals surface area contributed by atoms with Gasteiger partial charge < -0.3 is 19.1 Å². The number of aryl methyl sites for hydroxylation is 1. The molecule has 150 valence electrons. The Kier molecular flexibility index (Phi) is 5.35. The van der Waals surface area contributed by atoms with Crippen LogP contribution in [0.3, 0.4) is 0 Å². The average Bonchev–Trinajstić information content (AvgIpc) is 3.22. The Bertz CT molecular complexity index is 867. The SMILES string of the molecule is Cn1cc2c(c(C(=O)N3CCOCC3)c1=O)CCN(C(=O)CC1C=CCC1)C2. The number of carbonyl (C=O) groups excluding carboxylic acids is 2. The van der Waals surface area contributed by atoms with Crippen LogP contribution in [-0.2, 0) is 29.5 Å². The Morgan fingerprint density at radius 2 is 1.96 bits per heavy atom. The Balaban J connectivity index is 1.57.